The van der Waals surface area contributed by atoms with E-state index in [2.05, 4.69) is 72.9 Å². The maximum atomic E-state index is 5.69. The number of rotatable bonds is 8. The lowest BCUT2D eigenvalue weighted by Gasteiger charge is -2.48. The third kappa shape index (κ3) is 5.79. The summed E-state index contributed by atoms with van der Waals surface area (Å²) in [5.41, 5.74) is 5.69. The van der Waals surface area contributed by atoms with E-state index in [1.807, 2.05) is 0 Å². The van der Waals surface area contributed by atoms with E-state index >= 15 is 0 Å². The lowest BCUT2D eigenvalue weighted by molar-refractivity contribution is 0.0840. The number of hydrogen-bond donors (Lipinski definition) is 1. The second-order valence-electron chi connectivity index (χ2n) is 13.7. The van der Waals surface area contributed by atoms with Crippen LogP contribution in [0.1, 0.15) is 83.5 Å². The summed E-state index contributed by atoms with van der Waals surface area (Å²) in [5, 5.41) is 0. The molecule has 0 aliphatic heterocycles. The Morgan fingerprint density at radius 2 is 1.18 bits per heavy atom. The van der Waals surface area contributed by atoms with Crippen LogP contribution in [0.2, 0.25) is 0 Å². The first-order valence-electron chi connectivity index (χ1n) is 16.6. The summed E-state index contributed by atoms with van der Waals surface area (Å²) in [6.45, 7) is 0.851. The van der Waals surface area contributed by atoms with Gasteiger partial charge in [0.1, 0.15) is 0 Å². The maximum absolute atomic E-state index is 5.69. The topological polar surface area (TPSA) is 26.0 Å². The molecule has 0 aromatic heterocycles. The number of unbranched alkanes of at least 4 members (excludes halogenated alkanes) is 2. The quantitative estimate of drug-likeness (QED) is 0.255. The number of hydrogen-bond acceptors (Lipinski definition) is 1. The zero-order valence-electron chi connectivity index (χ0n) is 23.8. The fourth-order valence-corrected chi connectivity index (χ4v) is 9.67. The van der Waals surface area contributed by atoms with Crippen LogP contribution in [0.5, 0.6) is 0 Å². The Bertz CT molecular complexity index is 948. The zero-order valence-corrected chi connectivity index (χ0v) is 23.8. The van der Waals surface area contributed by atoms with Gasteiger partial charge in [-0.2, -0.15) is 0 Å². The predicted molar refractivity (Wildman–Crippen MR) is 162 cm³/mol. The predicted octanol–water partition coefficient (Wildman–Crippen LogP) is 9.21. The average molecular weight is 512 g/mol. The van der Waals surface area contributed by atoms with Crippen LogP contribution in [-0.4, -0.2) is 6.54 Å². The molecule has 2 N–H and O–H groups in total. The van der Waals surface area contributed by atoms with E-state index in [9.17, 15) is 0 Å². The minimum Gasteiger partial charge on any atom is -0.330 e. The van der Waals surface area contributed by atoms with Crippen LogP contribution in [0.3, 0.4) is 0 Å². The molecule has 0 amide bonds. The summed E-state index contributed by atoms with van der Waals surface area (Å²) in [6, 6.07) is 0. The molecule has 11 atom stereocenters. The molecule has 206 valence electrons. The first-order valence-corrected chi connectivity index (χ1v) is 16.6. The Morgan fingerprint density at radius 1 is 0.500 bits per heavy atom. The minimum absolute atomic E-state index is 0.745. The van der Waals surface area contributed by atoms with Crippen LogP contribution in [-0.2, 0) is 0 Å². The highest BCUT2D eigenvalue weighted by molar-refractivity contribution is 5.21. The highest BCUT2D eigenvalue weighted by Gasteiger charge is 2.44. The fraction of sp³-hybridized carbons (Fsp3) is 0.676. The molecule has 11 unspecified atom stereocenters. The van der Waals surface area contributed by atoms with Gasteiger partial charge in [-0.3, -0.25) is 0 Å². The molecule has 1 fully saturated rings. The van der Waals surface area contributed by atoms with Crippen LogP contribution in [0.15, 0.2) is 72.9 Å². The summed E-state index contributed by atoms with van der Waals surface area (Å²) in [7, 11) is 0. The van der Waals surface area contributed by atoms with E-state index in [1.165, 1.54) is 83.5 Å². The van der Waals surface area contributed by atoms with Gasteiger partial charge in [0.15, 0.2) is 0 Å². The smallest absolute Gasteiger partial charge is 0.00773 e. The lowest BCUT2D eigenvalue weighted by Crippen LogP contribution is -2.40. The van der Waals surface area contributed by atoms with Crippen molar-refractivity contribution in [2.75, 3.05) is 6.54 Å². The molecule has 1 heteroatoms. The average Bonchev–Trinajstić information content (AvgIpc) is 2.99. The SMILES string of the molecule is NCCCCCC1C=CC(C2CCC(C3C=CC(C4C=CCC5C=CCCC54)CC3)C3C=CC=CC32)CC1. The van der Waals surface area contributed by atoms with E-state index in [0.29, 0.717) is 0 Å². The molecule has 6 rings (SSSR count). The van der Waals surface area contributed by atoms with Crippen molar-refractivity contribution in [2.45, 2.75) is 83.5 Å². The molecule has 0 saturated heterocycles. The zero-order chi connectivity index (χ0) is 25.7. The second-order valence-corrected chi connectivity index (χ2v) is 13.7. The standard InChI is InChI=1S/C37H53N/c38-26-7-1-2-9-27-16-18-29(19-17-27)34-24-25-35(37-14-6-5-13-36(34)37)31-22-20-30(21-23-31)33-15-8-11-28-10-3-4-12-32(28)33/h3,5-6,8,10,13-16,18,20,22,27-37H,1-2,4,7,9,11-12,17,19,21,23-26,38H2. The molecule has 0 aromatic carbocycles. The first kappa shape index (κ1) is 26.6. The summed E-state index contributed by atoms with van der Waals surface area (Å²) in [5.74, 6) is 8.80. The van der Waals surface area contributed by atoms with Gasteiger partial charge in [-0.25, -0.2) is 0 Å². The van der Waals surface area contributed by atoms with Crippen molar-refractivity contribution in [1.82, 2.24) is 0 Å². The van der Waals surface area contributed by atoms with Crippen molar-refractivity contribution in [3.05, 3.63) is 72.9 Å². The molecule has 6 aliphatic carbocycles. The van der Waals surface area contributed by atoms with Crippen LogP contribution in [0.4, 0.5) is 0 Å². The Kier molecular flexibility index (Phi) is 8.90. The molecular formula is C37H53N. The van der Waals surface area contributed by atoms with Gasteiger partial charge in [-0.15, -0.1) is 0 Å². The van der Waals surface area contributed by atoms with Gasteiger partial charge < -0.3 is 5.73 Å². The van der Waals surface area contributed by atoms with Crippen LogP contribution < -0.4 is 5.73 Å². The Balaban J connectivity index is 1.07. The van der Waals surface area contributed by atoms with Gasteiger partial charge in [-0.1, -0.05) is 85.8 Å². The van der Waals surface area contributed by atoms with Crippen molar-refractivity contribution in [1.29, 1.82) is 0 Å². The lowest BCUT2D eigenvalue weighted by atomic mass is 9.56. The molecule has 6 aliphatic rings. The van der Waals surface area contributed by atoms with Crippen molar-refractivity contribution >= 4 is 0 Å². The van der Waals surface area contributed by atoms with E-state index in [0.717, 1.165) is 71.6 Å². The summed E-state index contributed by atoms with van der Waals surface area (Å²) >= 11 is 0. The Morgan fingerprint density at radius 3 is 1.87 bits per heavy atom. The fourth-order valence-electron chi connectivity index (χ4n) is 9.67. The van der Waals surface area contributed by atoms with E-state index in [-0.39, 0.29) is 0 Å². The minimum atomic E-state index is 0.745. The van der Waals surface area contributed by atoms with Gasteiger partial charge in [0, 0.05) is 0 Å². The summed E-state index contributed by atoms with van der Waals surface area (Å²) < 4.78 is 0. The van der Waals surface area contributed by atoms with Gasteiger partial charge in [-0.05, 0) is 142 Å². The molecule has 0 aromatic rings. The highest BCUT2D eigenvalue weighted by Crippen LogP contribution is 2.52. The number of fused-ring (bicyclic) bond motifs is 2. The van der Waals surface area contributed by atoms with Gasteiger partial charge in [0.05, 0.1) is 0 Å². The van der Waals surface area contributed by atoms with Crippen LogP contribution in [0, 0.1) is 65.1 Å². The number of allylic oxidation sites excluding steroid dienone is 12. The molecule has 0 spiro atoms. The normalized spacial score (nSPS) is 43.7. The van der Waals surface area contributed by atoms with E-state index < -0.39 is 0 Å². The van der Waals surface area contributed by atoms with Gasteiger partial charge in [0.2, 0.25) is 0 Å². The summed E-state index contributed by atoms with van der Waals surface area (Å²) in [4.78, 5) is 0. The van der Waals surface area contributed by atoms with Crippen molar-refractivity contribution < 1.29 is 0 Å². The molecule has 0 radical (unpaired) electrons. The van der Waals surface area contributed by atoms with E-state index in [4.69, 9.17) is 5.73 Å². The van der Waals surface area contributed by atoms with E-state index in [1.54, 1.807) is 0 Å². The highest BCUT2D eigenvalue weighted by atomic mass is 14.5. The summed E-state index contributed by atoms with van der Waals surface area (Å²) in [6.07, 6.45) is 48.3. The largest absolute Gasteiger partial charge is 0.330 e. The molecular weight excluding hydrogens is 458 g/mol. The Hall–Kier alpha value is -1.60. The number of nitrogens with two attached hydrogens (primary N) is 1. The molecule has 38 heavy (non-hydrogen) atoms. The maximum Gasteiger partial charge on any atom is -0.00773 e. The monoisotopic (exact) mass is 511 g/mol. The second kappa shape index (κ2) is 12.7. The molecule has 0 bridgehead atoms. The molecule has 0 heterocycles. The van der Waals surface area contributed by atoms with Gasteiger partial charge in [0.25, 0.3) is 0 Å². The third-order valence-corrected chi connectivity index (χ3v) is 11.7. The van der Waals surface area contributed by atoms with Crippen molar-refractivity contribution in [3.63, 3.8) is 0 Å². The molecule has 1 saturated carbocycles. The third-order valence-electron chi connectivity index (χ3n) is 11.7. The first-order chi connectivity index (χ1) is 18.8. The van der Waals surface area contributed by atoms with Crippen molar-refractivity contribution in [2.24, 2.45) is 70.8 Å². The van der Waals surface area contributed by atoms with Crippen LogP contribution >= 0.6 is 0 Å². The molecule has 1 nitrogen and oxygen atoms in total. The Labute approximate surface area is 233 Å². The van der Waals surface area contributed by atoms with Crippen molar-refractivity contribution in [3.8, 4) is 0 Å². The van der Waals surface area contributed by atoms with Crippen LogP contribution in [0.25, 0.3) is 0 Å². The van der Waals surface area contributed by atoms with Gasteiger partial charge >= 0.3 is 0 Å².